The van der Waals surface area contributed by atoms with E-state index in [9.17, 15) is 13.2 Å². The highest BCUT2D eigenvalue weighted by atomic mass is 19.1. The van der Waals surface area contributed by atoms with E-state index in [1.807, 2.05) is 6.92 Å². The Bertz CT molecular complexity index is 616. The molecule has 112 valence electrons. The van der Waals surface area contributed by atoms with Crippen molar-refractivity contribution < 1.29 is 17.9 Å². The monoisotopic (exact) mass is 295 g/mol. The number of halogens is 3. The zero-order valence-electron chi connectivity index (χ0n) is 11.6. The van der Waals surface area contributed by atoms with Crippen molar-refractivity contribution in [3.63, 3.8) is 0 Å². The third-order valence-electron chi connectivity index (χ3n) is 2.97. The molecule has 0 amide bonds. The van der Waals surface area contributed by atoms with Gasteiger partial charge in [-0.05, 0) is 42.4 Å². The van der Waals surface area contributed by atoms with Crippen molar-refractivity contribution in [3.05, 3.63) is 65.0 Å². The summed E-state index contributed by atoms with van der Waals surface area (Å²) in [4.78, 5) is 0. The van der Waals surface area contributed by atoms with Gasteiger partial charge in [0.15, 0.2) is 11.6 Å². The minimum absolute atomic E-state index is 0.0129. The molecule has 0 aliphatic heterocycles. The zero-order valence-corrected chi connectivity index (χ0v) is 11.6. The molecule has 0 spiro atoms. The van der Waals surface area contributed by atoms with E-state index in [1.165, 1.54) is 12.1 Å². The van der Waals surface area contributed by atoms with Gasteiger partial charge in [-0.3, -0.25) is 0 Å². The normalized spacial score (nSPS) is 10.7. The first kappa shape index (κ1) is 15.4. The molecule has 0 saturated carbocycles. The summed E-state index contributed by atoms with van der Waals surface area (Å²) >= 11 is 0. The van der Waals surface area contributed by atoms with E-state index in [2.05, 4.69) is 5.32 Å². The third-order valence-corrected chi connectivity index (χ3v) is 2.97. The van der Waals surface area contributed by atoms with Gasteiger partial charge in [0.25, 0.3) is 0 Å². The van der Waals surface area contributed by atoms with Gasteiger partial charge in [-0.2, -0.15) is 0 Å². The molecule has 0 heterocycles. The maximum absolute atomic E-state index is 13.8. The van der Waals surface area contributed by atoms with Gasteiger partial charge in [0.05, 0.1) is 0 Å². The summed E-state index contributed by atoms with van der Waals surface area (Å²) < 4.78 is 45.5. The van der Waals surface area contributed by atoms with Crippen LogP contribution in [0.4, 0.5) is 13.2 Å². The molecule has 2 nitrogen and oxygen atoms in total. The molecular formula is C16H16F3NO. The van der Waals surface area contributed by atoms with Crippen LogP contribution < -0.4 is 10.1 Å². The first-order valence-electron chi connectivity index (χ1n) is 6.66. The van der Waals surface area contributed by atoms with Crippen molar-refractivity contribution in [1.82, 2.24) is 5.32 Å². The van der Waals surface area contributed by atoms with Crippen molar-refractivity contribution in [2.75, 3.05) is 6.54 Å². The van der Waals surface area contributed by atoms with Crippen LogP contribution in [-0.2, 0) is 13.2 Å². The lowest BCUT2D eigenvalue weighted by atomic mass is 10.2. The van der Waals surface area contributed by atoms with Gasteiger partial charge in [-0.15, -0.1) is 0 Å². The molecule has 5 heteroatoms. The van der Waals surface area contributed by atoms with Crippen LogP contribution in [-0.4, -0.2) is 6.54 Å². The van der Waals surface area contributed by atoms with Crippen LogP contribution in [0.15, 0.2) is 36.4 Å². The van der Waals surface area contributed by atoms with Crippen LogP contribution in [0.1, 0.15) is 18.1 Å². The molecule has 0 aliphatic carbocycles. The molecule has 0 radical (unpaired) electrons. The van der Waals surface area contributed by atoms with Crippen LogP contribution in [0.5, 0.6) is 5.75 Å². The fourth-order valence-corrected chi connectivity index (χ4v) is 1.85. The van der Waals surface area contributed by atoms with Crippen molar-refractivity contribution in [1.29, 1.82) is 0 Å². The Kier molecular flexibility index (Phi) is 5.22. The number of nitrogens with one attached hydrogen (secondary N) is 1. The average molecular weight is 295 g/mol. The highest BCUT2D eigenvalue weighted by Crippen LogP contribution is 2.20. The first-order valence-corrected chi connectivity index (χ1v) is 6.66. The minimum Gasteiger partial charge on any atom is -0.486 e. The summed E-state index contributed by atoms with van der Waals surface area (Å²) in [6.07, 6.45) is 0. The SMILES string of the molecule is CCNCc1ccc(OCc2cc(F)ccc2F)c(F)c1. The molecular weight excluding hydrogens is 279 g/mol. The molecule has 0 saturated heterocycles. The van der Waals surface area contributed by atoms with E-state index in [0.717, 1.165) is 30.3 Å². The predicted octanol–water partition coefficient (Wildman–Crippen LogP) is 3.79. The molecule has 1 N–H and O–H groups in total. The topological polar surface area (TPSA) is 21.3 Å². The second kappa shape index (κ2) is 7.13. The first-order chi connectivity index (χ1) is 10.1. The Morgan fingerprint density at radius 2 is 1.81 bits per heavy atom. The van der Waals surface area contributed by atoms with Gasteiger partial charge in [-0.25, -0.2) is 13.2 Å². The third kappa shape index (κ3) is 4.23. The molecule has 2 aromatic carbocycles. The van der Waals surface area contributed by atoms with E-state index >= 15 is 0 Å². The summed E-state index contributed by atoms with van der Waals surface area (Å²) in [5.74, 6) is -1.65. The van der Waals surface area contributed by atoms with Crippen LogP contribution in [0.2, 0.25) is 0 Å². The maximum atomic E-state index is 13.8. The fourth-order valence-electron chi connectivity index (χ4n) is 1.85. The van der Waals surface area contributed by atoms with Crippen molar-refractivity contribution in [3.8, 4) is 5.75 Å². The zero-order chi connectivity index (χ0) is 15.2. The lowest BCUT2D eigenvalue weighted by Crippen LogP contribution is -2.11. The van der Waals surface area contributed by atoms with Crippen LogP contribution in [0, 0.1) is 17.5 Å². The molecule has 0 bridgehead atoms. The van der Waals surface area contributed by atoms with Gasteiger partial charge in [0.2, 0.25) is 0 Å². The summed E-state index contributed by atoms with van der Waals surface area (Å²) in [5.41, 5.74) is 0.838. The summed E-state index contributed by atoms with van der Waals surface area (Å²) in [7, 11) is 0. The summed E-state index contributed by atoms with van der Waals surface area (Å²) in [6.45, 7) is 3.08. The quantitative estimate of drug-likeness (QED) is 0.875. The number of benzene rings is 2. The number of rotatable bonds is 6. The van der Waals surface area contributed by atoms with E-state index in [1.54, 1.807) is 6.07 Å². The van der Waals surface area contributed by atoms with Gasteiger partial charge in [0, 0.05) is 12.1 Å². The van der Waals surface area contributed by atoms with Crippen molar-refractivity contribution >= 4 is 0 Å². The maximum Gasteiger partial charge on any atom is 0.165 e. The number of hydrogen-bond donors (Lipinski definition) is 1. The Morgan fingerprint density at radius 1 is 1.00 bits per heavy atom. The van der Waals surface area contributed by atoms with Gasteiger partial charge in [-0.1, -0.05) is 13.0 Å². The van der Waals surface area contributed by atoms with Crippen LogP contribution in [0.3, 0.4) is 0 Å². The molecule has 2 rings (SSSR count). The Balaban J connectivity index is 2.04. The summed E-state index contributed by atoms with van der Waals surface area (Å²) in [6, 6.07) is 7.65. The Labute approximate surface area is 121 Å². The lowest BCUT2D eigenvalue weighted by Gasteiger charge is -2.10. The van der Waals surface area contributed by atoms with E-state index in [4.69, 9.17) is 4.74 Å². The number of ether oxygens (including phenoxy) is 1. The van der Waals surface area contributed by atoms with Crippen LogP contribution >= 0.6 is 0 Å². The smallest absolute Gasteiger partial charge is 0.165 e. The van der Waals surface area contributed by atoms with Crippen molar-refractivity contribution in [2.24, 2.45) is 0 Å². The fraction of sp³-hybridized carbons (Fsp3) is 0.250. The molecule has 2 aromatic rings. The Morgan fingerprint density at radius 3 is 2.52 bits per heavy atom. The van der Waals surface area contributed by atoms with Gasteiger partial charge < -0.3 is 10.1 Å². The molecule has 0 aromatic heterocycles. The second-order valence-corrected chi connectivity index (χ2v) is 4.57. The molecule has 0 fully saturated rings. The van der Waals surface area contributed by atoms with E-state index in [-0.39, 0.29) is 17.9 Å². The van der Waals surface area contributed by atoms with Crippen molar-refractivity contribution in [2.45, 2.75) is 20.1 Å². The van der Waals surface area contributed by atoms with E-state index in [0.29, 0.717) is 6.54 Å². The highest BCUT2D eigenvalue weighted by molar-refractivity contribution is 5.30. The standard InChI is InChI=1S/C16H16F3NO/c1-2-20-9-11-3-6-16(15(19)7-11)21-10-12-8-13(17)4-5-14(12)18/h3-8,20H,2,9-10H2,1H3. The van der Waals surface area contributed by atoms with E-state index < -0.39 is 17.5 Å². The van der Waals surface area contributed by atoms with Crippen LogP contribution in [0.25, 0.3) is 0 Å². The predicted molar refractivity (Wildman–Crippen MR) is 74.5 cm³/mol. The molecule has 0 unspecified atom stereocenters. The second-order valence-electron chi connectivity index (χ2n) is 4.57. The molecule has 21 heavy (non-hydrogen) atoms. The van der Waals surface area contributed by atoms with Gasteiger partial charge >= 0.3 is 0 Å². The average Bonchev–Trinajstić information content (AvgIpc) is 2.47. The summed E-state index contributed by atoms with van der Waals surface area (Å²) in [5, 5.41) is 3.08. The minimum atomic E-state index is -0.583. The lowest BCUT2D eigenvalue weighted by molar-refractivity contribution is 0.284. The molecule has 0 atom stereocenters. The van der Waals surface area contributed by atoms with Gasteiger partial charge in [0.1, 0.15) is 18.2 Å². The Hall–Kier alpha value is -2.01. The molecule has 0 aliphatic rings. The largest absolute Gasteiger partial charge is 0.486 e. The number of hydrogen-bond acceptors (Lipinski definition) is 2. The highest BCUT2D eigenvalue weighted by Gasteiger charge is 2.08.